The molecule has 0 spiro atoms. The van der Waals surface area contributed by atoms with E-state index in [2.05, 4.69) is 25.7 Å². The quantitative estimate of drug-likeness (QED) is 0.557. The molecule has 2 N–H and O–H groups in total. The number of aryl methyl sites for hydroxylation is 2. The monoisotopic (exact) mass is 480 g/mol. The molecule has 0 aliphatic rings. The smallest absolute Gasteiger partial charge is 0.416 e. The number of alkyl halides is 3. The van der Waals surface area contributed by atoms with Gasteiger partial charge >= 0.3 is 6.18 Å². The van der Waals surface area contributed by atoms with Crippen LogP contribution in [0.25, 0.3) is 0 Å². The minimum Gasteiger partial charge on any atom is -0.416 e. The lowest BCUT2D eigenvalue weighted by Crippen LogP contribution is -2.21. The Kier molecular flexibility index (Phi) is 6.36. The lowest BCUT2D eigenvalue weighted by molar-refractivity contribution is -0.142. The maximum absolute atomic E-state index is 13.4. The molecule has 0 bridgehead atoms. The lowest BCUT2D eigenvalue weighted by Gasteiger charge is -2.16. The van der Waals surface area contributed by atoms with E-state index in [1.54, 1.807) is 19.9 Å². The SMILES string of the molecule is Cc1cc(C)c(Oc2nnc(C(F)(F)F)c(C)c2C(=O)Nc2cccc(S(C)(=N)=O)c2)nn1. The van der Waals surface area contributed by atoms with Gasteiger partial charge in [-0.15, -0.1) is 15.3 Å². The van der Waals surface area contributed by atoms with Crippen LogP contribution in [-0.2, 0) is 15.9 Å². The number of nitrogens with zero attached hydrogens (tertiary/aromatic N) is 4. The van der Waals surface area contributed by atoms with Crippen LogP contribution in [0.4, 0.5) is 18.9 Å². The van der Waals surface area contributed by atoms with Gasteiger partial charge in [-0.1, -0.05) is 6.07 Å². The van der Waals surface area contributed by atoms with Crippen molar-refractivity contribution in [3.63, 3.8) is 0 Å². The summed E-state index contributed by atoms with van der Waals surface area (Å²) in [5, 5.41) is 16.8. The van der Waals surface area contributed by atoms with E-state index in [1.165, 1.54) is 30.5 Å². The second-order valence-electron chi connectivity index (χ2n) is 7.25. The molecule has 0 saturated carbocycles. The zero-order valence-corrected chi connectivity index (χ0v) is 18.8. The van der Waals surface area contributed by atoms with Crippen LogP contribution in [0.15, 0.2) is 35.2 Å². The number of ether oxygens (including phenoxy) is 1. The van der Waals surface area contributed by atoms with Crippen molar-refractivity contribution in [3.05, 3.63) is 58.4 Å². The molecule has 1 atom stereocenters. The third-order valence-electron chi connectivity index (χ3n) is 4.48. The largest absolute Gasteiger partial charge is 0.435 e. The number of rotatable bonds is 5. The zero-order valence-electron chi connectivity index (χ0n) is 17.9. The number of nitrogens with one attached hydrogen (secondary N) is 2. The standard InChI is InChI=1S/C20H19F3N6O3S/c1-10-8-11(2)26-28-18(10)32-19-15(12(3)16(27-29-19)20(21,22)23)17(30)25-13-6-5-7-14(9-13)33(4,24)31/h5-9,24H,1-4H3,(H,25,30). The Labute approximate surface area is 187 Å². The topological polar surface area (TPSA) is 131 Å². The first-order chi connectivity index (χ1) is 15.3. The van der Waals surface area contributed by atoms with E-state index >= 15 is 0 Å². The highest BCUT2D eigenvalue weighted by Gasteiger charge is 2.38. The molecule has 33 heavy (non-hydrogen) atoms. The van der Waals surface area contributed by atoms with Crippen molar-refractivity contribution in [2.45, 2.75) is 31.8 Å². The summed E-state index contributed by atoms with van der Waals surface area (Å²) in [6.45, 7) is 4.42. The molecule has 0 radical (unpaired) electrons. The molecule has 3 rings (SSSR count). The molecule has 13 heteroatoms. The van der Waals surface area contributed by atoms with E-state index in [4.69, 9.17) is 9.52 Å². The molecule has 3 aromatic rings. The minimum absolute atomic E-state index is 0.0509. The van der Waals surface area contributed by atoms with Gasteiger partial charge < -0.3 is 10.1 Å². The Hall–Kier alpha value is -3.61. The first-order valence-corrected chi connectivity index (χ1v) is 11.3. The summed E-state index contributed by atoms with van der Waals surface area (Å²) in [4.78, 5) is 13.2. The van der Waals surface area contributed by atoms with Gasteiger partial charge in [-0.25, -0.2) is 8.99 Å². The van der Waals surface area contributed by atoms with Gasteiger partial charge in [-0.05, 0) is 50.6 Å². The molecule has 9 nitrogen and oxygen atoms in total. The van der Waals surface area contributed by atoms with Crippen molar-refractivity contribution >= 4 is 21.3 Å². The Bertz CT molecular complexity index is 1340. The first kappa shape index (κ1) is 24.0. The molecule has 1 amide bonds. The van der Waals surface area contributed by atoms with Crippen molar-refractivity contribution in [2.75, 3.05) is 11.6 Å². The maximum atomic E-state index is 13.4. The number of aromatic nitrogens is 4. The van der Waals surface area contributed by atoms with Gasteiger partial charge in [-0.2, -0.15) is 18.3 Å². The summed E-state index contributed by atoms with van der Waals surface area (Å²) in [6.07, 6.45) is -3.65. The normalized spacial score (nSPS) is 13.3. The fraction of sp³-hybridized carbons (Fsp3) is 0.250. The summed E-state index contributed by atoms with van der Waals surface area (Å²) >= 11 is 0. The molecule has 2 heterocycles. The highest BCUT2D eigenvalue weighted by Crippen LogP contribution is 2.35. The Morgan fingerprint density at radius 1 is 1.06 bits per heavy atom. The van der Waals surface area contributed by atoms with Crippen molar-refractivity contribution in [2.24, 2.45) is 0 Å². The molecule has 0 saturated heterocycles. The third kappa shape index (κ3) is 5.42. The number of carbonyl (C=O) groups excluding carboxylic acids is 1. The van der Waals surface area contributed by atoms with Crippen LogP contribution >= 0.6 is 0 Å². The van der Waals surface area contributed by atoms with Crippen molar-refractivity contribution in [1.82, 2.24) is 20.4 Å². The fourth-order valence-corrected chi connectivity index (χ4v) is 3.61. The van der Waals surface area contributed by atoms with Crippen LogP contribution in [0.3, 0.4) is 0 Å². The summed E-state index contributed by atoms with van der Waals surface area (Å²) in [5.41, 5.74) is -1.11. The molecule has 1 unspecified atom stereocenters. The molecular formula is C20H19F3N6O3S. The summed E-state index contributed by atoms with van der Waals surface area (Å²) in [6, 6.07) is 7.29. The molecule has 0 fully saturated rings. The van der Waals surface area contributed by atoms with Gasteiger partial charge in [0, 0.05) is 22.4 Å². The van der Waals surface area contributed by atoms with Crippen molar-refractivity contribution in [1.29, 1.82) is 4.78 Å². The number of amides is 1. The van der Waals surface area contributed by atoms with Crippen molar-refractivity contribution in [3.8, 4) is 11.8 Å². The highest BCUT2D eigenvalue weighted by molar-refractivity contribution is 7.91. The summed E-state index contributed by atoms with van der Waals surface area (Å²) in [7, 11) is -3.08. The fourth-order valence-electron chi connectivity index (χ4n) is 2.92. The number of carbonyl (C=O) groups is 1. The predicted octanol–water partition coefficient (Wildman–Crippen LogP) is 4.29. The predicted molar refractivity (Wildman–Crippen MR) is 113 cm³/mol. The van der Waals surface area contributed by atoms with Gasteiger partial charge in [0.25, 0.3) is 11.8 Å². The summed E-state index contributed by atoms with van der Waals surface area (Å²) < 4.78 is 65.5. The van der Waals surface area contributed by atoms with Crippen molar-refractivity contribution < 1.29 is 26.9 Å². The third-order valence-corrected chi connectivity index (χ3v) is 5.63. The van der Waals surface area contributed by atoms with Crippen LogP contribution in [0.5, 0.6) is 11.8 Å². The van der Waals surface area contributed by atoms with Crippen LogP contribution < -0.4 is 10.1 Å². The van der Waals surface area contributed by atoms with Crippen LogP contribution in [-0.4, -0.2) is 36.8 Å². The number of halogens is 3. The highest BCUT2D eigenvalue weighted by atomic mass is 32.2. The zero-order chi connectivity index (χ0) is 24.6. The van der Waals surface area contributed by atoms with Crippen LogP contribution in [0.2, 0.25) is 0 Å². The summed E-state index contributed by atoms with van der Waals surface area (Å²) in [5.74, 6) is -1.51. The van der Waals surface area contributed by atoms with E-state index in [0.717, 1.165) is 6.92 Å². The average molecular weight is 480 g/mol. The van der Waals surface area contributed by atoms with Gasteiger partial charge in [0.2, 0.25) is 5.88 Å². The molecule has 2 aromatic heterocycles. The van der Waals surface area contributed by atoms with Crippen LogP contribution in [0.1, 0.15) is 32.9 Å². The van der Waals surface area contributed by atoms with E-state index in [9.17, 15) is 22.2 Å². The van der Waals surface area contributed by atoms with E-state index in [-0.39, 0.29) is 16.5 Å². The number of anilines is 1. The van der Waals surface area contributed by atoms with Gasteiger partial charge in [0.15, 0.2) is 5.69 Å². The minimum atomic E-state index is -4.86. The second-order valence-corrected chi connectivity index (χ2v) is 9.41. The molecular weight excluding hydrogens is 461 g/mol. The second kappa shape index (κ2) is 8.73. The Morgan fingerprint density at radius 3 is 2.33 bits per heavy atom. The van der Waals surface area contributed by atoms with Gasteiger partial charge in [-0.3, -0.25) is 4.79 Å². The van der Waals surface area contributed by atoms with Gasteiger partial charge in [0.1, 0.15) is 5.56 Å². The van der Waals surface area contributed by atoms with E-state index < -0.39 is 44.5 Å². The molecule has 1 aromatic carbocycles. The van der Waals surface area contributed by atoms with Gasteiger partial charge in [0.05, 0.1) is 15.4 Å². The Balaban J connectivity index is 2.08. The van der Waals surface area contributed by atoms with E-state index in [0.29, 0.717) is 11.3 Å². The van der Waals surface area contributed by atoms with Crippen LogP contribution in [0, 0.1) is 25.6 Å². The van der Waals surface area contributed by atoms with E-state index in [1.807, 2.05) is 0 Å². The average Bonchev–Trinajstić information content (AvgIpc) is 2.68. The molecule has 0 aliphatic carbocycles. The lowest BCUT2D eigenvalue weighted by atomic mass is 10.1. The molecule has 0 aliphatic heterocycles. The molecule has 174 valence electrons. The first-order valence-electron chi connectivity index (χ1n) is 9.36. The maximum Gasteiger partial charge on any atom is 0.435 e. The number of hydrogen-bond acceptors (Lipinski definition) is 8. The number of benzene rings is 1. The number of hydrogen-bond donors (Lipinski definition) is 2. The Morgan fingerprint density at radius 2 is 1.73 bits per heavy atom.